The Morgan fingerprint density at radius 3 is 2.31 bits per heavy atom. The highest BCUT2D eigenvalue weighted by Crippen LogP contribution is 2.22. The van der Waals surface area contributed by atoms with Crippen LogP contribution in [-0.4, -0.2) is 61.2 Å². The summed E-state index contributed by atoms with van der Waals surface area (Å²) >= 11 is 0. The second-order valence-corrected chi connectivity index (χ2v) is 8.45. The highest BCUT2D eigenvalue weighted by molar-refractivity contribution is 6.05. The van der Waals surface area contributed by atoms with Gasteiger partial charge < -0.3 is 14.4 Å². The van der Waals surface area contributed by atoms with E-state index >= 15 is 0 Å². The molecule has 1 N–H and O–H groups in total. The molecule has 0 radical (unpaired) electrons. The van der Waals surface area contributed by atoms with Crippen molar-refractivity contribution < 1.29 is 23.9 Å². The van der Waals surface area contributed by atoms with Gasteiger partial charge in [0.05, 0.1) is 12.2 Å². The minimum absolute atomic E-state index is 0.0160. The molecule has 1 aromatic carbocycles. The SMILES string of the molecule is CCCC(CCC)OC1CCN(C(=O)COc2ccc(N3CCC(=O)NC3=O)cc2)CC1. The van der Waals surface area contributed by atoms with Crippen molar-refractivity contribution in [3.05, 3.63) is 24.3 Å². The zero-order chi connectivity index (χ0) is 22.9. The third kappa shape index (κ3) is 6.69. The van der Waals surface area contributed by atoms with Crippen LogP contribution in [0.25, 0.3) is 0 Å². The Hall–Kier alpha value is -2.61. The number of nitrogens with one attached hydrogen (secondary N) is 1. The van der Waals surface area contributed by atoms with Crippen molar-refractivity contribution in [3.63, 3.8) is 0 Å². The van der Waals surface area contributed by atoms with Gasteiger partial charge in [0.25, 0.3) is 5.91 Å². The van der Waals surface area contributed by atoms with Gasteiger partial charge in [0.2, 0.25) is 5.91 Å². The number of hydrogen-bond donors (Lipinski definition) is 1. The average molecular weight is 446 g/mol. The van der Waals surface area contributed by atoms with Crippen LogP contribution in [-0.2, 0) is 14.3 Å². The van der Waals surface area contributed by atoms with Crippen molar-refractivity contribution in [2.24, 2.45) is 0 Å². The molecule has 3 rings (SSSR count). The van der Waals surface area contributed by atoms with Gasteiger partial charge in [0.1, 0.15) is 5.75 Å². The molecule has 0 unspecified atom stereocenters. The first kappa shape index (κ1) is 24.0. The standard InChI is InChI=1S/C24H35N3O5/c1-3-5-20(6-4-2)32-21-11-14-26(15-12-21)23(29)17-31-19-9-7-18(8-10-19)27-16-13-22(28)25-24(27)30/h7-10,20-21H,3-6,11-17H2,1-2H3,(H,25,28,30). The Morgan fingerprint density at radius 1 is 1.06 bits per heavy atom. The van der Waals surface area contributed by atoms with Gasteiger partial charge in [-0.15, -0.1) is 0 Å². The van der Waals surface area contributed by atoms with Gasteiger partial charge in [-0.25, -0.2) is 4.79 Å². The number of urea groups is 1. The van der Waals surface area contributed by atoms with E-state index in [0.29, 0.717) is 37.2 Å². The number of piperidine rings is 1. The number of nitrogens with zero attached hydrogens (tertiary/aromatic N) is 2. The van der Waals surface area contributed by atoms with Crippen LogP contribution in [0.5, 0.6) is 5.75 Å². The number of anilines is 1. The molecule has 32 heavy (non-hydrogen) atoms. The predicted octanol–water partition coefficient (Wildman–Crippen LogP) is 3.49. The monoisotopic (exact) mass is 445 g/mol. The molecular formula is C24H35N3O5. The fourth-order valence-corrected chi connectivity index (χ4v) is 4.21. The molecule has 2 heterocycles. The maximum absolute atomic E-state index is 12.6. The van der Waals surface area contributed by atoms with Gasteiger partial charge in [-0.05, 0) is 49.9 Å². The molecule has 2 saturated heterocycles. The number of hydrogen-bond acceptors (Lipinski definition) is 5. The van der Waals surface area contributed by atoms with Crippen LogP contribution >= 0.6 is 0 Å². The summed E-state index contributed by atoms with van der Waals surface area (Å²) in [5.41, 5.74) is 0.681. The Bertz CT molecular complexity index is 768. The van der Waals surface area contributed by atoms with Crippen molar-refractivity contribution in [2.75, 3.05) is 31.1 Å². The topological polar surface area (TPSA) is 88.2 Å². The van der Waals surface area contributed by atoms with E-state index < -0.39 is 6.03 Å². The lowest BCUT2D eigenvalue weighted by Crippen LogP contribution is -2.49. The summed E-state index contributed by atoms with van der Waals surface area (Å²) in [4.78, 5) is 39.1. The highest BCUT2D eigenvalue weighted by atomic mass is 16.5. The van der Waals surface area contributed by atoms with Crippen LogP contribution in [0, 0.1) is 0 Å². The van der Waals surface area contributed by atoms with Gasteiger partial charge in [-0.3, -0.25) is 19.8 Å². The molecule has 0 aliphatic carbocycles. The summed E-state index contributed by atoms with van der Waals surface area (Å²) in [7, 11) is 0. The minimum atomic E-state index is -0.423. The normalized spacial score (nSPS) is 17.6. The number of carbonyl (C=O) groups is 3. The van der Waals surface area contributed by atoms with E-state index in [1.807, 2.05) is 4.90 Å². The van der Waals surface area contributed by atoms with E-state index in [1.54, 1.807) is 24.3 Å². The molecule has 0 aromatic heterocycles. The van der Waals surface area contributed by atoms with Crippen LogP contribution in [0.4, 0.5) is 10.5 Å². The number of carbonyl (C=O) groups excluding carboxylic acids is 3. The first-order valence-corrected chi connectivity index (χ1v) is 11.8. The third-order valence-electron chi connectivity index (χ3n) is 5.97. The molecule has 2 aliphatic heterocycles. The second-order valence-electron chi connectivity index (χ2n) is 8.45. The average Bonchev–Trinajstić information content (AvgIpc) is 2.79. The maximum atomic E-state index is 12.6. The van der Waals surface area contributed by atoms with E-state index in [-0.39, 0.29) is 30.9 Å². The van der Waals surface area contributed by atoms with E-state index in [0.717, 1.165) is 38.5 Å². The summed E-state index contributed by atoms with van der Waals surface area (Å²) in [5, 5.41) is 2.30. The van der Waals surface area contributed by atoms with Crippen molar-refractivity contribution in [1.82, 2.24) is 10.2 Å². The number of benzene rings is 1. The molecule has 8 heteroatoms. The fraction of sp³-hybridized carbons (Fsp3) is 0.625. The summed E-state index contributed by atoms with van der Waals surface area (Å²) in [6, 6.07) is 6.54. The predicted molar refractivity (Wildman–Crippen MR) is 122 cm³/mol. The van der Waals surface area contributed by atoms with Gasteiger partial charge in [0, 0.05) is 31.7 Å². The van der Waals surface area contributed by atoms with Crippen molar-refractivity contribution in [1.29, 1.82) is 0 Å². The Kier molecular flexibility index (Phi) is 8.90. The van der Waals surface area contributed by atoms with E-state index in [9.17, 15) is 14.4 Å². The van der Waals surface area contributed by atoms with E-state index in [1.165, 1.54) is 4.90 Å². The molecule has 4 amide bonds. The number of amides is 4. The first-order chi connectivity index (χ1) is 15.5. The Balaban J connectivity index is 1.41. The number of imide groups is 1. The van der Waals surface area contributed by atoms with Crippen LogP contribution in [0.2, 0.25) is 0 Å². The third-order valence-corrected chi connectivity index (χ3v) is 5.97. The Labute approximate surface area is 190 Å². The summed E-state index contributed by atoms with van der Waals surface area (Å²) < 4.78 is 12.0. The van der Waals surface area contributed by atoms with Gasteiger partial charge in [-0.2, -0.15) is 0 Å². The molecule has 176 valence electrons. The van der Waals surface area contributed by atoms with Gasteiger partial charge >= 0.3 is 6.03 Å². The molecule has 2 aliphatic rings. The minimum Gasteiger partial charge on any atom is -0.484 e. The van der Waals surface area contributed by atoms with Gasteiger partial charge in [-0.1, -0.05) is 26.7 Å². The largest absolute Gasteiger partial charge is 0.484 e. The van der Waals surface area contributed by atoms with E-state index in [4.69, 9.17) is 9.47 Å². The molecule has 1 aromatic rings. The zero-order valence-electron chi connectivity index (χ0n) is 19.2. The van der Waals surface area contributed by atoms with Crippen LogP contribution in [0.3, 0.4) is 0 Å². The number of likely N-dealkylation sites (tertiary alicyclic amines) is 1. The smallest absolute Gasteiger partial charge is 0.328 e. The summed E-state index contributed by atoms with van der Waals surface area (Å²) in [6.07, 6.45) is 7.03. The summed E-state index contributed by atoms with van der Waals surface area (Å²) in [6.45, 7) is 6.10. The molecule has 8 nitrogen and oxygen atoms in total. The molecule has 2 fully saturated rings. The number of ether oxygens (including phenoxy) is 2. The van der Waals surface area contributed by atoms with E-state index in [2.05, 4.69) is 19.2 Å². The molecule has 0 bridgehead atoms. The molecule has 0 saturated carbocycles. The summed E-state index contributed by atoms with van der Waals surface area (Å²) in [5.74, 6) is 0.276. The zero-order valence-corrected chi connectivity index (χ0v) is 19.2. The quantitative estimate of drug-likeness (QED) is 0.596. The Morgan fingerprint density at radius 2 is 1.72 bits per heavy atom. The fourth-order valence-electron chi connectivity index (χ4n) is 4.21. The second kappa shape index (κ2) is 11.9. The van der Waals surface area contributed by atoms with Crippen LogP contribution in [0.15, 0.2) is 24.3 Å². The first-order valence-electron chi connectivity index (χ1n) is 11.8. The lowest BCUT2D eigenvalue weighted by Gasteiger charge is -2.34. The van der Waals surface area contributed by atoms with Gasteiger partial charge in [0.15, 0.2) is 6.61 Å². The molecular weight excluding hydrogens is 410 g/mol. The molecule has 0 atom stereocenters. The van der Waals surface area contributed by atoms with Crippen molar-refractivity contribution in [3.8, 4) is 5.75 Å². The van der Waals surface area contributed by atoms with Crippen LogP contribution in [0.1, 0.15) is 58.8 Å². The highest BCUT2D eigenvalue weighted by Gasteiger charge is 2.26. The lowest BCUT2D eigenvalue weighted by atomic mass is 10.1. The van der Waals surface area contributed by atoms with Crippen LogP contribution < -0.4 is 15.0 Å². The van der Waals surface area contributed by atoms with Crippen molar-refractivity contribution >= 4 is 23.5 Å². The van der Waals surface area contributed by atoms with Crippen molar-refractivity contribution in [2.45, 2.75) is 71.0 Å². The maximum Gasteiger partial charge on any atom is 0.328 e. The number of rotatable bonds is 10. The lowest BCUT2D eigenvalue weighted by molar-refractivity contribution is -0.137. The molecule has 0 spiro atoms.